The van der Waals surface area contributed by atoms with Gasteiger partial charge in [-0.1, -0.05) is 48.7 Å². The highest BCUT2D eigenvalue weighted by molar-refractivity contribution is 9.11. The normalized spacial score (nSPS) is 12.1. The minimum absolute atomic E-state index is 0.158. The van der Waals surface area contributed by atoms with Gasteiger partial charge in [0.25, 0.3) is 0 Å². The zero-order valence-electron chi connectivity index (χ0n) is 11.4. The van der Waals surface area contributed by atoms with E-state index in [-0.39, 0.29) is 5.78 Å². The lowest BCUT2D eigenvalue weighted by molar-refractivity contribution is 0.105. The van der Waals surface area contributed by atoms with Gasteiger partial charge in [-0.3, -0.25) is 4.79 Å². The molecule has 0 aromatic carbocycles. The quantitative estimate of drug-likeness (QED) is 0.482. The van der Waals surface area contributed by atoms with Gasteiger partial charge in [0.05, 0.1) is 5.56 Å². The predicted octanol–water partition coefficient (Wildman–Crippen LogP) is 2.68. The second-order valence-corrected chi connectivity index (χ2v) is 4.58. The summed E-state index contributed by atoms with van der Waals surface area (Å²) in [5, 5.41) is 0.839. The lowest BCUT2D eigenvalue weighted by Gasteiger charge is -1.88. The number of carbonyl (C=O) groups excluding carboxylic acids is 1. The number of H-pyrrole nitrogens is 1. The molecule has 1 aromatic rings. The van der Waals surface area contributed by atoms with Crippen LogP contribution in [-0.2, 0) is 0 Å². The first-order chi connectivity index (χ1) is 9.22. The van der Waals surface area contributed by atoms with E-state index in [9.17, 15) is 4.79 Å². The second-order valence-electron chi connectivity index (χ2n) is 3.56. The third-order valence-corrected chi connectivity index (χ3v) is 2.89. The average molecular weight is 321 g/mol. The molecular formula is C15H17BrN2O. The fraction of sp³-hybridized carbons (Fsp3) is 0.333. The molecule has 0 atom stereocenters. The fourth-order valence-electron chi connectivity index (χ4n) is 1.55. The van der Waals surface area contributed by atoms with Gasteiger partial charge in [0.1, 0.15) is 5.49 Å². The van der Waals surface area contributed by atoms with Crippen LogP contribution in [0.25, 0.3) is 6.08 Å². The molecule has 19 heavy (non-hydrogen) atoms. The van der Waals surface area contributed by atoms with Crippen molar-refractivity contribution in [3.63, 3.8) is 0 Å². The Labute approximate surface area is 121 Å². The molecule has 1 aliphatic heterocycles. The molecule has 100 valence electrons. The van der Waals surface area contributed by atoms with E-state index in [1.54, 1.807) is 12.4 Å². The number of fused-ring (bicyclic) bond motifs is 1. The number of aromatic amines is 1. The Bertz CT molecular complexity index is 657. The zero-order chi connectivity index (χ0) is 14.3. The van der Waals surface area contributed by atoms with Crippen molar-refractivity contribution >= 4 is 27.8 Å². The largest absolute Gasteiger partial charge is 0.345 e. The molecule has 0 saturated carbocycles. The van der Waals surface area contributed by atoms with Gasteiger partial charge in [-0.15, -0.1) is 0 Å². The van der Waals surface area contributed by atoms with E-state index in [1.165, 1.54) is 0 Å². The molecule has 2 heterocycles. The number of halogens is 1. The van der Waals surface area contributed by atoms with Gasteiger partial charge in [-0.05, 0) is 12.3 Å². The first-order valence-electron chi connectivity index (χ1n) is 6.35. The standard InChI is InChI=1S/C13H11BrN2O.C2H6/c1-2-3-4-12(17)11-8-16-13-10(11)6-5-9(14)7-15-13;1-2/h6-8H,2,5H2,1H3,(H,15,16);1-2H3. The smallest absolute Gasteiger partial charge is 0.238 e. The second kappa shape index (κ2) is 7.75. The van der Waals surface area contributed by atoms with Gasteiger partial charge in [0, 0.05) is 28.5 Å². The van der Waals surface area contributed by atoms with E-state index >= 15 is 0 Å². The van der Waals surface area contributed by atoms with E-state index in [2.05, 4.69) is 37.7 Å². The first kappa shape index (κ1) is 15.5. The Morgan fingerprint density at radius 1 is 1.53 bits per heavy atom. The molecule has 2 rings (SSSR count). The van der Waals surface area contributed by atoms with Crippen LogP contribution in [0.1, 0.15) is 44.0 Å². The van der Waals surface area contributed by atoms with Gasteiger partial charge >= 0.3 is 0 Å². The summed E-state index contributed by atoms with van der Waals surface area (Å²) in [6.07, 6.45) is 6.80. The van der Waals surface area contributed by atoms with Crippen LogP contribution in [-0.4, -0.2) is 10.8 Å². The monoisotopic (exact) mass is 320 g/mol. The minimum Gasteiger partial charge on any atom is -0.345 e. The van der Waals surface area contributed by atoms with Crippen molar-refractivity contribution in [2.75, 3.05) is 0 Å². The highest BCUT2D eigenvalue weighted by Crippen LogP contribution is 2.11. The summed E-state index contributed by atoms with van der Waals surface area (Å²) >= 11 is 3.39. The molecule has 1 N–H and O–H groups in total. The molecule has 4 heteroatoms. The molecule has 1 aromatic heterocycles. The van der Waals surface area contributed by atoms with E-state index in [1.807, 2.05) is 26.8 Å². The molecule has 0 aliphatic carbocycles. The number of carbonyl (C=O) groups is 1. The highest BCUT2D eigenvalue weighted by Gasteiger charge is 2.08. The van der Waals surface area contributed by atoms with Gasteiger partial charge in [0.15, 0.2) is 0 Å². The number of hydrogen-bond acceptors (Lipinski definition) is 2. The molecule has 3 nitrogen and oxygen atoms in total. The lowest BCUT2D eigenvalue weighted by Crippen LogP contribution is -2.26. The van der Waals surface area contributed by atoms with Crippen molar-refractivity contribution < 1.29 is 4.79 Å². The molecule has 0 spiro atoms. The van der Waals surface area contributed by atoms with Crippen LogP contribution in [0.2, 0.25) is 0 Å². The Hall–Kier alpha value is -1.60. The molecular weight excluding hydrogens is 304 g/mol. The zero-order valence-corrected chi connectivity index (χ0v) is 13.0. The van der Waals surface area contributed by atoms with Crippen molar-refractivity contribution in [3.8, 4) is 11.8 Å². The average Bonchev–Trinajstić information content (AvgIpc) is 2.76. The van der Waals surface area contributed by atoms with Crippen LogP contribution in [0.4, 0.5) is 0 Å². The third kappa shape index (κ3) is 3.93. The van der Waals surface area contributed by atoms with Gasteiger partial charge < -0.3 is 4.98 Å². The topological polar surface area (TPSA) is 45.2 Å². The van der Waals surface area contributed by atoms with Crippen LogP contribution >= 0.6 is 15.9 Å². The Kier molecular flexibility index (Phi) is 6.31. The van der Waals surface area contributed by atoms with Crippen LogP contribution in [0, 0.1) is 11.8 Å². The maximum absolute atomic E-state index is 11.8. The van der Waals surface area contributed by atoms with Crippen LogP contribution < -0.4 is 10.7 Å². The van der Waals surface area contributed by atoms with Crippen LogP contribution in [0.3, 0.4) is 0 Å². The summed E-state index contributed by atoms with van der Waals surface area (Å²) in [5.41, 5.74) is 1.31. The fourth-order valence-corrected chi connectivity index (χ4v) is 1.81. The number of aromatic nitrogens is 1. The summed E-state index contributed by atoms with van der Waals surface area (Å²) in [5.74, 6) is 5.25. The number of allylic oxidation sites excluding steroid dienone is 1. The summed E-state index contributed by atoms with van der Waals surface area (Å²) in [4.78, 5) is 19.1. The summed E-state index contributed by atoms with van der Waals surface area (Å²) < 4.78 is 0.986. The van der Waals surface area contributed by atoms with Crippen molar-refractivity contribution in [2.45, 2.75) is 33.6 Å². The Morgan fingerprint density at radius 2 is 2.26 bits per heavy atom. The van der Waals surface area contributed by atoms with E-state index in [0.717, 1.165) is 16.1 Å². The van der Waals surface area contributed by atoms with Crippen molar-refractivity contribution in [2.24, 2.45) is 4.99 Å². The van der Waals surface area contributed by atoms with E-state index in [0.29, 0.717) is 17.5 Å². The van der Waals surface area contributed by atoms with Gasteiger partial charge in [-0.2, -0.15) is 0 Å². The van der Waals surface area contributed by atoms with E-state index < -0.39 is 0 Å². The van der Waals surface area contributed by atoms with Gasteiger partial charge in [-0.25, -0.2) is 4.99 Å². The maximum atomic E-state index is 11.8. The first-order valence-corrected chi connectivity index (χ1v) is 7.15. The third-order valence-electron chi connectivity index (χ3n) is 2.36. The SMILES string of the molecule is CC.CCC#CC(=O)c1c[nH]c2c1=CCC(Br)=CN=2. The molecule has 0 unspecified atom stereocenters. The highest BCUT2D eigenvalue weighted by atomic mass is 79.9. The number of rotatable bonds is 1. The number of nitrogens with one attached hydrogen (secondary N) is 1. The summed E-state index contributed by atoms with van der Waals surface area (Å²) in [6.45, 7) is 5.92. The molecule has 1 aliphatic rings. The summed E-state index contributed by atoms with van der Waals surface area (Å²) in [6, 6.07) is 0. The molecule has 0 bridgehead atoms. The molecule has 0 radical (unpaired) electrons. The maximum Gasteiger partial charge on any atom is 0.238 e. The van der Waals surface area contributed by atoms with E-state index in [4.69, 9.17) is 0 Å². The molecule has 0 amide bonds. The Morgan fingerprint density at radius 3 is 2.95 bits per heavy atom. The number of nitrogens with zero attached hydrogens (tertiary/aromatic N) is 1. The molecule has 0 saturated heterocycles. The predicted molar refractivity (Wildman–Crippen MR) is 81.4 cm³/mol. The summed E-state index contributed by atoms with van der Waals surface area (Å²) in [7, 11) is 0. The van der Waals surface area contributed by atoms with Crippen LogP contribution in [0.5, 0.6) is 0 Å². The van der Waals surface area contributed by atoms with Gasteiger partial charge in [0.2, 0.25) is 5.78 Å². The number of Topliss-reactive ketones (excluding diaryl/α,β-unsaturated/α-hetero) is 1. The molecule has 0 fully saturated rings. The number of hydrogen-bond donors (Lipinski definition) is 1. The minimum atomic E-state index is -0.158. The van der Waals surface area contributed by atoms with Crippen molar-refractivity contribution in [3.05, 3.63) is 33.1 Å². The van der Waals surface area contributed by atoms with Crippen molar-refractivity contribution in [1.29, 1.82) is 0 Å². The van der Waals surface area contributed by atoms with Crippen molar-refractivity contribution in [1.82, 2.24) is 4.98 Å². The van der Waals surface area contributed by atoms with Crippen LogP contribution in [0.15, 0.2) is 21.9 Å². The number of ketones is 1. The Balaban J connectivity index is 0.000000861. The lowest BCUT2D eigenvalue weighted by atomic mass is 10.1.